The predicted octanol–water partition coefficient (Wildman–Crippen LogP) is 1.32. The average Bonchev–Trinajstić information content (AvgIpc) is 2.27. The molecule has 1 unspecified atom stereocenters. The maximum Gasteiger partial charge on any atom is 0.235 e. The molecule has 14 heavy (non-hydrogen) atoms. The van der Waals surface area contributed by atoms with E-state index in [-0.39, 0.29) is 11.2 Å². The normalized spacial score (nSPS) is 19.4. The summed E-state index contributed by atoms with van der Waals surface area (Å²) in [5, 5.41) is 5.89. The lowest BCUT2D eigenvalue weighted by molar-refractivity contribution is -0.119. The number of hydrogen-bond acceptors (Lipinski definition) is 3. The quantitative estimate of drug-likeness (QED) is 0.731. The highest BCUT2D eigenvalue weighted by molar-refractivity contribution is 8.00. The van der Waals surface area contributed by atoms with Gasteiger partial charge in [0.2, 0.25) is 5.91 Å². The van der Waals surface area contributed by atoms with Gasteiger partial charge >= 0.3 is 0 Å². The van der Waals surface area contributed by atoms with E-state index in [0.29, 0.717) is 6.54 Å². The Morgan fingerprint density at radius 2 is 2.36 bits per heavy atom. The zero-order valence-corrected chi connectivity index (χ0v) is 8.73. The number of carbonyl (C=O) groups is 1. The Morgan fingerprint density at radius 3 is 3.14 bits per heavy atom. The summed E-state index contributed by atoms with van der Waals surface area (Å²) in [7, 11) is 1.67. The minimum absolute atomic E-state index is 0.0186. The molecule has 1 amide bonds. The van der Waals surface area contributed by atoms with Gasteiger partial charge in [0, 0.05) is 24.2 Å². The van der Waals surface area contributed by atoms with E-state index in [9.17, 15) is 4.79 Å². The Balaban J connectivity index is 2.17. The van der Waals surface area contributed by atoms with E-state index in [4.69, 9.17) is 0 Å². The van der Waals surface area contributed by atoms with E-state index in [2.05, 4.69) is 10.6 Å². The third kappa shape index (κ3) is 1.70. The number of para-hydroxylation sites is 1. The SMILES string of the molecule is CNC(=O)C1CNc2ccccc2S1. The molecule has 0 saturated heterocycles. The van der Waals surface area contributed by atoms with Crippen LogP contribution >= 0.6 is 11.8 Å². The van der Waals surface area contributed by atoms with E-state index >= 15 is 0 Å². The zero-order valence-electron chi connectivity index (χ0n) is 7.91. The van der Waals surface area contributed by atoms with Gasteiger partial charge in [0.25, 0.3) is 0 Å². The monoisotopic (exact) mass is 208 g/mol. The molecule has 0 spiro atoms. The molecule has 1 heterocycles. The highest BCUT2D eigenvalue weighted by atomic mass is 32.2. The molecule has 0 radical (unpaired) electrons. The zero-order chi connectivity index (χ0) is 9.97. The van der Waals surface area contributed by atoms with Crippen molar-refractivity contribution < 1.29 is 4.79 Å². The Morgan fingerprint density at radius 1 is 1.57 bits per heavy atom. The van der Waals surface area contributed by atoms with Crippen LogP contribution in [0.1, 0.15) is 0 Å². The first kappa shape index (κ1) is 9.40. The van der Waals surface area contributed by atoms with Crippen LogP contribution in [0.5, 0.6) is 0 Å². The van der Waals surface area contributed by atoms with Gasteiger partial charge in [-0.1, -0.05) is 12.1 Å². The second kappa shape index (κ2) is 3.92. The van der Waals surface area contributed by atoms with Crippen LogP contribution in [0, 0.1) is 0 Å². The Hall–Kier alpha value is -1.16. The van der Waals surface area contributed by atoms with Crippen molar-refractivity contribution in [2.24, 2.45) is 0 Å². The van der Waals surface area contributed by atoms with Crippen molar-refractivity contribution in [3.63, 3.8) is 0 Å². The van der Waals surface area contributed by atoms with Crippen LogP contribution in [0.4, 0.5) is 5.69 Å². The van der Waals surface area contributed by atoms with Crippen molar-refractivity contribution in [2.75, 3.05) is 18.9 Å². The van der Waals surface area contributed by atoms with Crippen molar-refractivity contribution in [1.29, 1.82) is 0 Å². The fourth-order valence-corrected chi connectivity index (χ4v) is 2.54. The van der Waals surface area contributed by atoms with Gasteiger partial charge in [0.1, 0.15) is 5.25 Å². The van der Waals surface area contributed by atoms with Crippen molar-refractivity contribution in [1.82, 2.24) is 5.32 Å². The first-order valence-corrected chi connectivity index (χ1v) is 5.40. The molecule has 3 nitrogen and oxygen atoms in total. The van der Waals surface area contributed by atoms with Crippen LogP contribution in [0.15, 0.2) is 29.2 Å². The standard InChI is InChI=1S/C10H12N2OS/c1-11-10(13)9-6-12-7-4-2-3-5-8(7)14-9/h2-5,9,12H,6H2,1H3,(H,11,13). The number of rotatable bonds is 1. The number of nitrogens with one attached hydrogen (secondary N) is 2. The number of anilines is 1. The summed E-state index contributed by atoms with van der Waals surface area (Å²) in [5.74, 6) is 0.0806. The number of amides is 1. The fourth-order valence-electron chi connectivity index (χ4n) is 1.42. The smallest absolute Gasteiger partial charge is 0.235 e. The molecule has 4 heteroatoms. The summed E-state index contributed by atoms with van der Waals surface area (Å²) in [6.07, 6.45) is 0. The van der Waals surface area contributed by atoms with Crippen molar-refractivity contribution in [3.05, 3.63) is 24.3 Å². The molecule has 0 aliphatic carbocycles. The molecule has 1 aliphatic rings. The van der Waals surface area contributed by atoms with Crippen LogP contribution in [0.2, 0.25) is 0 Å². The minimum Gasteiger partial charge on any atom is -0.382 e. The molecule has 1 aromatic carbocycles. The maximum atomic E-state index is 11.4. The molecule has 1 aromatic rings. The molecule has 74 valence electrons. The molecule has 0 aromatic heterocycles. The van der Waals surface area contributed by atoms with Crippen molar-refractivity contribution in [3.8, 4) is 0 Å². The molecule has 0 saturated carbocycles. The molecular weight excluding hydrogens is 196 g/mol. The highest BCUT2D eigenvalue weighted by Crippen LogP contribution is 2.34. The largest absolute Gasteiger partial charge is 0.382 e. The molecule has 1 aliphatic heterocycles. The Bertz CT molecular complexity index is 354. The highest BCUT2D eigenvalue weighted by Gasteiger charge is 2.23. The molecule has 1 atom stereocenters. The Labute approximate surface area is 87.3 Å². The Kier molecular flexibility index (Phi) is 2.63. The van der Waals surface area contributed by atoms with Gasteiger partial charge in [-0.05, 0) is 12.1 Å². The lowest BCUT2D eigenvalue weighted by Crippen LogP contribution is -2.36. The van der Waals surface area contributed by atoms with E-state index < -0.39 is 0 Å². The first-order valence-electron chi connectivity index (χ1n) is 4.52. The van der Waals surface area contributed by atoms with E-state index in [1.54, 1.807) is 18.8 Å². The third-order valence-electron chi connectivity index (χ3n) is 2.17. The molecular formula is C10H12N2OS. The van der Waals surface area contributed by atoms with Gasteiger partial charge in [-0.3, -0.25) is 4.79 Å². The summed E-state index contributed by atoms with van der Waals surface area (Å²) in [6, 6.07) is 8.04. The van der Waals surface area contributed by atoms with Crippen LogP contribution in [-0.2, 0) is 4.79 Å². The third-order valence-corrected chi connectivity index (χ3v) is 3.45. The van der Waals surface area contributed by atoms with Crippen LogP contribution in [-0.4, -0.2) is 24.7 Å². The number of hydrogen-bond donors (Lipinski definition) is 2. The number of benzene rings is 1. The molecule has 2 rings (SSSR count). The minimum atomic E-state index is -0.0186. The van der Waals surface area contributed by atoms with Crippen LogP contribution in [0.3, 0.4) is 0 Å². The van der Waals surface area contributed by atoms with Gasteiger partial charge in [0.15, 0.2) is 0 Å². The number of fused-ring (bicyclic) bond motifs is 1. The van der Waals surface area contributed by atoms with Gasteiger partial charge < -0.3 is 10.6 Å². The van der Waals surface area contributed by atoms with E-state index in [1.165, 1.54) is 0 Å². The van der Waals surface area contributed by atoms with Gasteiger partial charge in [-0.2, -0.15) is 0 Å². The van der Waals surface area contributed by atoms with Crippen LogP contribution in [0.25, 0.3) is 0 Å². The predicted molar refractivity (Wildman–Crippen MR) is 58.6 cm³/mol. The average molecular weight is 208 g/mol. The van der Waals surface area contributed by atoms with Crippen molar-refractivity contribution in [2.45, 2.75) is 10.1 Å². The fraction of sp³-hybridized carbons (Fsp3) is 0.300. The molecule has 2 N–H and O–H groups in total. The first-order chi connectivity index (χ1) is 6.81. The van der Waals surface area contributed by atoms with Crippen LogP contribution < -0.4 is 10.6 Å². The van der Waals surface area contributed by atoms with Gasteiger partial charge in [0.05, 0.1) is 0 Å². The number of carbonyl (C=O) groups excluding carboxylic acids is 1. The van der Waals surface area contributed by atoms with E-state index in [1.807, 2.05) is 24.3 Å². The molecule has 0 bridgehead atoms. The maximum absolute atomic E-state index is 11.4. The van der Waals surface area contributed by atoms with Gasteiger partial charge in [-0.15, -0.1) is 11.8 Å². The lowest BCUT2D eigenvalue weighted by Gasteiger charge is -2.24. The second-order valence-electron chi connectivity index (χ2n) is 3.10. The number of thioether (sulfide) groups is 1. The summed E-state index contributed by atoms with van der Waals surface area (Å²) in [4.78, 5) is 12.6. The summed E-state index contributed by atoms with van der Waals surface area (Å²) >= 11 is 1.62. The topological polar surface area (TPSA) is 41.1 Å². The lowest BCUT2D eigenvalue weighted by atomic mass is 10.3. The van der Waals surface area contributed by atoms with Gasteiger partial charge in [-0.25, -0.2) is 0 Å². The second-order valence-corrected chi connectivity index (χ2v) is 4.34. The van der Waals surface area contributed by atoms with E-state index in [0.717, 1.165) is 10.6 Å². The van der Waals surface area contributed by atoms with Crippen molar-refractivity contribution >= 4 is 23.4 Å². The summed E-state index contributed by atoms with van der Waals surface area (Å²) in [5.41, 5.74) is 1.12. The summed E-state index contributed by atoms with van der Waals surface area (Å²) in [6.45, 7) is 0.696. The molecule has 0 fully saturated rings. The summed E-state index contributed by atoms with van der Waals surface area (Å²) < 4.78 is 0.